The molecular weight excluding hydrogens is 286 g/mol. The second-order valence-electron chi connectivity index (χ2n) is 4.80. The maximum Gasteiger partial charge on any atom is 0.254 e. The molecule has 0 bridgehead atoms. The zero-order valence-corrected chi connectivity index (χ0v) is 12.9. The lowest BCUT2D eigenvalue weighted by Gasteiger charge is -2.25. The lowest BCUT2D eigenvalue weighted by atomic mass is 10.2. The molecule has 1 N–H and O–H groups in total. The lowest BCUT2D eigenvalue weighted by Crippen LogP contribution is -2.42. The molecule has 0 aromatic heterocycles. The summed E-state index contributed by atoms with van der Waals surface area (Å²) in [5, 5.41) is 3.96. The van der Waals surface area contributed by atoms with Crippen molar-refractivity contribution in [1.29, 1.82) is 0 Å². The Bertz CT molecular complexity index is 528. The highest BCUT2D eigenvalue weighted by Crippen LogP contribution is 2.26. The molecule has 1 fully saturated rings. The summed E-state index contributed by atoms with van der Waals surface area (Å²) in [6, 6.07) is 5.41. The van der Waals surface area contributed by atoms with Crippen LogP contribution in [0.1, 0.15) is 5.56 Å². The number of hydrogen-bond acceptors (Lipinski definition) is 6. The van der Waals surface area contributed by atoms with Crippen LogP contribution < -0.4 is 14.9 Å². The van der Waals surface area contributed by atoms with Gasteiger partial charge in [-0.15, -0.1) is 0 Å². The van der Waals surface area contributed by atoms with Crippen LogP contribution in [-0.4, -0.2) is 64.1 Å². The molecule has 0 radical (unpaired) electrons. The number of methoxy groups -OCH3 is 2. The van der Waals surface area contributed by atoms with E-state index in [0.717, 1.165) is 18.7 Å². The van der Waals surface area contributed by atoms with Crippen LogP contribution in [0.2, 0.25) is 0 Å². The number of benzene rings is 1. The number of carbonyl (C=O) groups excluding carboxylic acids is 1. The highest BCUT2D eigenvalue weighted by Gasteiger charge is 2.13. The number of nitrogens with one attached hydrogen (secondary N) is 1. The molecule has 1 heterocycles. The van der Waals surface area contributed by atoms with Crippen LogP contribution in [0.15, 0.2) is 23.3 Å². The van der Waals surface area contributed by atoms with Crippen molar-refractivity contribution < 1.29 is 19.0 Å². The molecule has 7 nitrogen and oxygen atoms in total. The van der Waals surface area contributed by atoms with Crippen molar-refractivity contribution in [1.82, 2.24) is 10.3 Å². The highest BCUT2D eigenvalue weighted by atomic mass is 16.5. The van der Waals surface area contributed by atoms with Gasteiger partial charge in [0.15, 0.2) is 11.5 Å². The zero-order valence-electron chi connectivity index (χ0n) is 12.9. The van der Waals surface area contributed by atoms with Crippen LogP contribution in [0.25, 0.3) is 0 Å². The molecule has 0 spiro atoms. The number of amides is 1. The smallest absolute Gasteiger partial charge is 0.254 e. The van der Waals surface area contributed by atoms with Crippen molar-refractivity contribution in [2.75, 3.05) is 47.1 Å². The van der Waals surface area contributed by atoms with Crippen LogP contribution in [0.5, 0.6) is 11.5 Å². The van der Waals surface area contributed by atoms with Gasteiger partial charge in [-0.25, -0.2) is 5.43 Å². The predicted molar refractivity (Wildman–Crippen MR) is 82.5 cm³/mol. The van der Waals surface area contributed by atoms with Crippen LogP contribution >= 0.6 is 0 Å². The molecule has 1 saturated heterocycles. The number of rotatable bonds is 6. The minimum absolute atomic E-state index is 0.140. The van der Waals surface area contributed by atoms with Gasteiger partial charge in [0.2, 0.25) is 0 Å². The largest absolute Gasteiger partial charge is 0.493 e. The Morgan fingerprint density at radius 1 is 1.32 bits per heavy atom. The Balaban J connectivity index is 1.84. The molecule has 1 aromatic carbocycles. The van der Waals surface area contributed by atoms with E-state index in [1.165, 1.54) is 0 Å². The first-order chi connectivity index (χ1) is 10.7. The Hall–Kier alpha value is -2.12. The Labute approximate surface area is 129 Å². The molecule has 2 rings (SSSR count). The summed E-state index contributed by atoms with van der Waals surface area (Å²) < 4.78 is 15.6. The van der Waals surface area contributed by atoms with Gasteiger partial charge in [-0.3, -0.25) is 9.69 Å². The quantitative estimate of drug-likeness (QED) is 0.611. The van der Waals surface area contributed by atoms with Crippen molar-refractivity contribution in [2.45, 2.75) is 0 Å². The van der Waals surface area contributed by atoms with E-state index in [2.05, 4.69) is 10.5 Å². The molecule has 120 valence electrons. The first-order valence-corrected chi connectivity index (χ1v) is 7.07. The minimum atomic E-state index is -0.140. The van der Waals surface area contributed by atoms with E-state index >= 15 is 0 Å². The van der Waals surface area contributed by atoms with E-state index in [4.69, 9.17) is 14.2 Å². The van der Waals surface area contributed by atoms with Gasteiger partial charge >= 0.3 is 0 Å². The molecule has 22 heavy (non-hydrogen) atoms. The van der Waals surface area contributed by atoms with Crippen LogP contribution in [0.3, 0.4) is 0 Å². The van der Waals surface area contributed by atoms with Gasteiger partial charge in [-0.1, -0.05) is 0 Å². The first-order valence-electron chi connectivity index (χ1n) is 7.07. The van der Waals surface area contributed by atoms with E-state index < -0.39 is 0 Å². The van der Waals surface area contributed by atoms with Gasteiger partial charge in [-0.05, 0) is 23.8 Å². The summed E-state index contributed by atoms with van der Waals surface area (Å²) in [7, 11) is 3.15. The van der Waals surface area contributed by atoms with E-state index in [1.54, 1.807) is 32.6 Å². The fourth-order valence-electron chi connectivity index (χ4n) is 2.11. The van der Waals surface area contributed by atoms with Crippen LogP contribution in [0, 0.1) is 0 Å². The third-order valence-corrected chi connectivity index (χ3v) is 3.28. The molecule has 1 aliphatic heterocycles. The number of ether oxygens (including phenoxy) is 3. The molecule has 1 amide bonds. The van der Waals surface area contributed by atoms with Crippen LogP contribution in [-0.2, 0) is 9.53 Å². The molecule has 1 aliphatic rings. The maximum atomic E-state index is 11.8. The summed E-state index contributed by atoms with van der Waals surface area (Å²) in [4.78, 5) is 13.8. The van der Waals surface area contributed by atoms with E-state index in [-0.39, 0.29) is 5.91 Å². The highest BCUT2D eigenvalue weighted by molar-refractivity contribution is 5.83. The van der Waals surface area contributed by atoms with Gasteiger partial charge in [-0.2, -0.15) is 5.10 Å². The van der Waals surface area contributed by atoms with Gasteiger partial charge in [0.05, 0.1) is 40.2 Å². The van der Waals surface area contributed by atoms with Crippen LogP contribution in [0.4, 0.5) is 0 Å². The number of carbonyl (C=O) groups is 1. The van der Waals surface area contributed by atoms with Crippen molar-refractivity contribution in [3.05, 3.63) is 23.8 Å². The van der Waals surface area contributed by atoms with Crippen molar-refractivity contribution in [3.8, 4) is 11.5 Å². The second-order valence-corrected chi connectivity index (χ2v) is 4.80. The molecule has 0 aliphatic carbocycles. The summed E-state index contributed by atoms with van der Waals surface area (Å²) in [5.74, 6) is 1.13. The topological polar surface area (TPSA) is 72.4 Å². The lowest BCUT2D eigenvalue weighted by molar-refractivity contribution is -0.123. The summed E-state index contributed by atoms with van der Waals surface area (Å²) in [6.07, 6.45) is 1.57. The van der Waals surface area contributed by atoms with Gasteiger partial charge in [0.25, 0.3) is 5.91 Å². The Morgan fingerprint density at radius 3 is 2.73 bits per heavy atom. The molecule has 0 unspecified atom stereocenters. The number of hydrogen-bond donors (Lipinski definition) is 1. The molecular formula is C15H21N3O4. The molecule has 0 atom stereocenters. The fourth-order valence-corrected chi connectivity index (χ4v) is 2.11. The van der Waals surface area contributed by atoms with Crippen molar-refractivity contribution in [2.24, 2.45) is 5.10 Å². The molecule has 1 aromatic rings. The molecule has 0 saturated carbocycles. The molecule has 7 heteroatoms. The van der Waals surface area contributed by atoms with Gasteiger partial charge < -0.3 is 14.2 Å². The van der Waals surface area contributed by atoms with Gasteiger partial charge in [0.1, 0.15) is 0 Å². The van der Waals surface area contributed by atoms with Gasteiger partial charge in [0, 0.05) is 13.1 Å². The number of morpholine rings is 1. The summed E-state index contributed by atoms with van der Waals surface area (Å²) >= 11 is 0. The van der Waals surface area contributed by atoms with E-state index in [0.29, 0.717) is 31.3 Å². The first kappa shape index (κ1) is 16.3. The average Bonchev–Trinajstić information content (AvgIpc) is 2.55. The standard InChI is InChI=1S/C15H21N3O4/c1-20-13-4-3-12(9-14(13)21-2)10-16-17-15(19)11-18-5-7-22-8-6-18/h3-4,9-10H,5-8,11H2,1-2H3,(H,17,19)/b16-10-. The summed E-state index contributed by atoms with van der Waals surface area (Å²) in [6.45, 7) is 3.21. The Kier molecular flexibility index (Phi) is 6.17. The number of hydrazone groups is 1. The third kappa shape index (κ3) is 4.71. The predicted octanol–water partition coefficient (Wildman–Crippen LogP) is 0.486. The fraction of sp³-hybridized carbons (Fsp3) is 0.467. The van der Waals surface area contributed by atoms with E-state index in [9.17, 15) is 4.79 Å². The Morgan fingerprint density at radius 2 is 2.05 bits per heavy atom. The third-order valence-electron chi connectivity index (χ3n) is 3.28. The van der Waals surface area contributed by atoms with Crippen molar-refractivity contribution >= 4 is 12.1 Å². The zero-order chi connectivity index (χ0) is 15.8. The monoisotopic (exact) mass is 307 g/mol. The average molecular weight is 307 g/mol. The normalized spacial score (nSPS) is 15.7. The number of nitrogens with zero attached hydrogens (tertiary/aromatic N) is 2. The second kappa shape index (κ2) is 8.35. The van der Waals surface area contributed by atoms with Crippen molar-refractivity contribution in [3.63, 3.8) is 0 Å². The van der Waals surface area contributed by atoms with E-state index in [1.807, 2.05) is 11.0 Å². The summed E-state index contributed by atoms with van der Waals surface area (Å²) in [5.41, 5.74) is 3.33. The SMILES string of the molecule is COc1ccc(/C=N\NC(=O)CN2CCOCC2)cc1OC. The minimum Gasteiger partial charge on any atom is -0.493 e. The maximum absolute atomic E-state index is 11.8.